The number of nitrogens with zero attached hydrogens (tertiary/aromatic N) is 1. The number of carboxylic acid groups (broad SMARTS) is 1. The number of hydrogen-bond donors (Lipinski definition) is 1. The Morgan fingerprint density at radius 2 is 1.97 bits per heavy atom. The van der Waals surface area contributed by atoms with Crippen LogP contribution in [0.5, 0.6) is 11.5 Å². The van der Waals surface area contributed by atoms with Crippen molar-refractivity contribution in [3.63, 3.8) is 0 Å². The van der Waals surface area contributed by atoms with Gasteiger partial charge in [0.15, 0.2) is 6.61 Å². The molecule has 0 radical (unpaired) electrons. The minimum absolute atomic E-state index is 0.0623. The van der Waals surface area contributed by atoms with Crippen molar-refractivity contribution in [3.05, 3.63) is 59.7 Å². The number of aliphatic carboxylic acids is 1. The van der Waals surface area contributed by atoms with E-state index in [2.05, 4.69) is 30.9 Å². The number of likely N-dealkylation sites (tertiary alicyclic amines) is 1. The molecule has 0 spiro atoms. The summed E-state index contributed by atoms with van der Waals surface area (Å²) >= 11 is 0. The molecule has 0 bridgehead atoms. The maximum atomic E-state index is 10.9. The van der Waals surface area contributed by atoms with Gasteiger partial charge in [-0.2, -0.15) is 0 Å². The highest BCUT2D eigenvalue weighted by Crippen LogP contribution is 2.52. The summed E-state index contributed by atoms with van der Waals surface area (Å²) in [5.74, 6) is 0.870. The van der Waals surface area contributed by atoms with Crippen LogP contribution in [0, 0.1) is 5.92 Å². The van der Waals surface area contributed by atoms with E-state index < -0.39 is 5.97 Å². The van der Waals surface area contributed by atoms with E-state index in [4.69, 9.17) is 19.3 Å². The fourth-order valence-electron chi connectivity index (χ4n) is 5.45. The van der Waals surface area contributed by atoms with E-state index in [1.807, 2.05) is 36.4 Å². The molecule has 3 aliphatic heterocycles. The first kappa shape index (κ1) is 20.3. The minimum atomic E-state index is -0.970. The van der Waals surface area contributed by atoms with Gasteiger partial charge < -0.3 is 19.3 Å². The number of benzene rings is 2. The maximum absolute atomic E-state index is 10.9. The van der Waals surface area contributed by atoms with E-state index in [0.29, 0.717) is 11.8 Å². The third-order valence-electron chi connectivity index (χ3n) is 6.97. The Morgan fingerprint density at radius 3 is 2.81 bits per heavy atom. The van der Waals surface area contributed by atoms with Crippen molar-refractivity contribution in [3.8, 4) is 11.5 Å². The van der Waals surface area contributed by atoms with Crippen molar-refractivity contribution in [1.29, 1.82) is 0 Å². The lowest BCUT2D eigenvalue weighted by Crippen LogP contribution is -2.53. The topological polar surface area (TPSA) is 68.2 Å². The number of carboxylic acids is 1. The SMILES string of the molecule is CC1(C)Oc2ccccc2[C@@H]2O[C@@H]3CCN(Cc4ccccc4OCC(=O)O)[C@H]3C[C@H]21. The van der Waals surface area contributed by atoms with Crippen molar-refractivity contribution in [2.24, 2.45) is 5.92 Å². The molecule has 4 atom stereocenters. The number of hydrogen-bond acceptors (Lipinski definition) is 5. The molecule has 0 amide bonds. The van der Waals surface area contributed by atoms with Crippen molar-refractivity contribution in [2.45, 2.75) is 57.1 Å². The van der Waals surface area contributed by atoms with Gasteiger partial charge in [-0.3, -0.25) is 4.90 Å². The van der Waals surface area contributed by atoms with Crippen molar-refractivity contribution < 1.29 is 24.1 Å². The Balaban J connectivity index is 1.36. The van der Waals surface area contributed by atoms with Crippen LogP contribution in [0.2, 0.25) is 0 Å². The van der Waals surface area contributed by atoms with Gasteiger partial charge in [-0.25, -0.2) is 4.79 Å². The Hall–Kier alpha value is -2.57. The Kier molecular flexibility index (Phi) is 5.15. The zero-order valence-corrected chi connectivity index (χ0v) is 18.0. The quantitative estimate of drug-likeness (QED) is 0.783. The van der Waals surface area contributed by atoms with Crippen LogP contribution in [0.1, 0.15) is 43.9 Å². The summed E-state index contributed by atoms with van der Waals surface area (Å²) in [6.45, 7) is 5.67. The van der Waals surface area contributed by atoms with E-state index in [-0.39, 0.29) is 30.3 Å². The maximum Gasteiger partial charge on any atom is 0.341 e. The summed E-state index contributed by atoms with van der Waals surface area (Å²) in [5, 5.41) is 8.97. The molecule has 2 saturated heterocycles. The van der Waals surface area contributed by atoms with Gasteiger partial charge in [0, 0.05) is 36.2 Å². The highest BCUT2D eigenvalue weighted by atomic mass is 16.5. The molecule has 6 heteroatoms. The molecule has 2 aromatic carbocycles. The summed E-state index contributed by atoms with van der Waals surface area (Å²) in [7, 11) is 0. The van der Waals surface area contributed by atoms with Crippen LogP contribution < -0.4 is 9.47 Å². The molecule has 2 aromatic rings. The lowest BCUT2D eigenvalue weighted by atomic mass is 9.74. The van der Waals surface area contributed by atoms with Crippen molar-refractivity contribution >= 4 is 5.97 Å². The predicted molar refractivity (Wildman–Crippen MR) is 115 cm³/mol. The monoisotopic (exact) mass is 423 g/mol. The second-order valence-electron chi connectivity index (χ2n) is 9.30. The van der Waals surface area contributed by atoms with Crippen LogP contribution in [0.15, 0.2) is 48.5 Å². The Morgan fingerprint density at radius 1 is 1.19 bits per heavy atom. The third-order valence-corrected chi connectivity index (χ3v) is 6.97. The van der Waals surface area contributed by atoms with Crippen LogP contribution in [0.3, 0.4) is 0 Å². The molecule has 0 saturated carbocycles. The Bertz CT molecular complexity index is 974. The molecule has 0 aliphatic carbocycles. The molecule has 5 rings (SSSR count). The third kappa shape index (κ3) is 3.79. The fraction of sp³-hybridized carbons (Fsp3) is 0.480. The van der Waals surface area contributed by atoms with Gasteiger partial charge in [0.2, 0.25) is 0 Å². The van der Waals surface area contributed by atoms with Gasteiger partial charge in [0.25, 0.3) is 0 Å². The lowest BCUT2D eigenvalue weighted by molar-refractivity contribution is -0.162. The van der Waals surface area contributed by atoms with Gasteiger partial charge in [0.05, 0.1) is 12.2 Å². The Labute approximate surface area is 182 Å². The summed E-state index contributed by atoms with van der Waals surface area (Å²) < 4.78 is 18.6. The van der Waals surface area contributed by atoms with Crippen LogP contribution in [-0.4, -0.2) is 46.9 Å². The van der Waals surface area contributed by atoms with E-state index in [0.717, 1.165) is 42.8 Å². The summed E-state index contributed by atoms with van der Waals surface area (Å²) in [6, 6.07) is 16.3. The van der Waals surface area contributed by atoms with E-state index >= 15 is 0 Å². The molecular weight excluding hydrogens is 394 g/mol. The number of rotatable bonds is 5. The van der Waals surface area contributed by atoms with Crippen LogP contribution in [-0.2, 0) is 16.1 Å². The zero-order chi connectivity index (χ0) is 21.6. The standard InChI is InChI=1S/C25H29NO5/c1-25(2)18-13-19-22(30-24(18)17-8-4-6-10-21(17)31-25)11-12-26(19)14-16-7-3-5-9-20(16)29-15-23(27)28/h3-10,18-19,22,24H,11-15H2,1-2H3,(H,27,28)/t18-,19+,22-,24+/m1/s1. The van der Waals surface area contributed by atoms with Crippen LogP contribution in [0.25, 0.3) is 0 Å². The van der Waals surface area contributed by atoms with Gasteiger partial charge in [-0.05, 0) is 38.8 Å². The number of ether oxygens (including phenoxy) is 3. The number of para-hydroxylation sites is 2. The molecule has 164 valence electrons. The van der Waals surface area contributed by atoms with Gasteiger partial charge in [0.1, 0.15) is 17.1 Å². The first-order chi connectivity index (χ1) is 14.9. The highest BCUT2D eigenvalue weighted by Gasteiger charge is 2.52. The molecule has 3 heterocycles. The van der Waals surface area contributed by atoms with E-state index in [1.54, 1.807) is 0 Å². The summed E-state index contributed by atoms with van der Waals surface area (Å²) in [4.78, 5) is 13.4. The average Bonchev–Trinajstić information content (AvgIpc) is 3.14. The number of fused-ring (bicyclic) bond motifs is 4. The van der Waals surface area contributed by atoms with Gasteiger partial charge in [-0.1, -0.05) is 36.4 Å². The molecule has 0 unspecified atom stereocenters. The lowest BCUT2D eigenvalue weighted by Gasteiger charge is -2.50. The fourth-order valence-corrected chi connectivity index (χ4v) is 5.45. The van der Waals surface area contributed by atoms with Gasteiger partial charge in [-0.15, -0.1) is 0 Å². The molecular formula is C25H29NO5. The molecule has 31 heavy (non-hydrogen) atoms. The molecule has 0 aromatic heterocycles. The summed E-state index contributed by atoms with van der Waals surface area (Å²) in [6.07, 6.45) is 2.26. The van der Waals surface area contributed by atoms with Crippen molar-refractivity contribution in [2.75, 3.05) is 13.2 Å². The zero-order valence-electron chi connectivity index (χ0n) is 18.0. The first-order valence-corrected chi connectivity index (χ1v) is 11.0. The van der Waals surface area contributed by atoms with Crippen LogP contribution >= 0.6 is 0 Å². The molecule has 2 fully saturated rings. The normalized spacial score (nSPS) is 28.7. The molecule has 1 N–H and O–H groups in total. The minimum Gasteiger partial charge on any atom is -0.487 e. The largest absolute Gasteiger partial charge is 0.487 e. The summed E-state index contributed by atoms with van der Waals surface area (Å²) in [5.41, 5.74) is 1.87. The van der Waals surface area contributed by atoms with E-state index in [1.165, 1.54) is 0 Å². The first-order valence-electron chi connectivity index (χ1n) is 11.0. The second kappa shape index (κ2) is 7.84. The second-order valence-corrected chi connectivity index (χ2v) is 9.30. The number of carbonyl (C=O) groups is 1. The smallest absolute Gasteiger partial charge is 0.341 e. The highest BCUT2D eigenvalue weighted by molar-refractivity contribution is 5.68. The van der Waals surface area contributed by atoms with Crippen molar-refractivity contribution in [1.82, 2.24) is 4.90 Å². The molecule has 3 aliphatic rings. The van der Waals surface area contributed by atoms with E-state index in [9.17, 15) is 4.79 Å². The average molecular weight is 424 g/mol. The molecule has 6 nitrogen and oxygen atoms in total. The van der Waals surface area contributed by atoms with Gasteiger partial charge >= 0.3 is 5.97 Å². The van der Waals surface area contributed by atoms with Crippen LogP contribution in [0.4, 0.5) is 0 Å². The predicted octanol–water partition coefficient (Wildman–Crippen LogP) is 4.04.